The lowest BCUT2D eigenvalue weighted by Gasteiger charge is -2.06. The molecule has 0 aliphatic carbocycles. The first kappa shape index (κ1) is 18.0. The summed E-state index contributed by atoms with van der Waals surface area (Å²) in [5, 5.41) is 0. The number of nitrogens with two attached hydrogens (primary N) is 1. The first-order valence-electron chi connectivity index (χ1n) is 7.24. The minimum Gasteiger partial charge on any atom is -0.494 e. The molecule has 1 aromatic heterocycles. The maximum atomic E-state index is 10.9. The molecule has 2 N–H and O–H groups in total. The molecular formula is C16H22ClN3O2. The maximum Gasteiger partial charge on any atom is 0.248 e. The minimum absolute atomic E-state index is 0. The van der Waals surface area contributed by atoms with E-state index in [4.69, 9.17) is 10.5 Å². The Kier molecular flexibility index (Phi) is 8.07. The van der Waals surface area contributed by atoms with Gasteiger partial charge in [-0.2, -0.15) is 0 Å². The number of aryl methyl sites for hydroxylation is 1. The highest BCUT2D eigenvalue weighted by atomic mass is 35.5. The fourth-order valence-corrected chi connectivity index (χ4v) is 2.07. The molecule has 0 aliphatic heterocycles. The Morgan fingerprint density at radius 3 is 2.50 bits per heavy atom. The maximum absolute atomic E-state index is 10.9. The number of benzene rings is 1. The smallest absolute Gasteiger partial charge is 0.248 e. The van der Waals surface area contributed by atoms with Crippen LogP contribution >= 0.6 is 12.4 Å². The van der Waals surface area contributed by atoms with Crippen LogP contribution in [-0.4, -0.2) is 22.1 Å². The van der Waals surface area contributed by atoms with Gasteiger partial charge in [-0.25, -0.2) is 4.98 Å². The third kappa shape index (κ3) is 6.18. The van der Waals surface area contributed by atoms with E-state index in [1.165, 1.54) is 6.42 Å². The van der Waals surface area contributed by atoms with Crippen LogP contribution in [0.4, 0.5) is 0 Å². The second kappa shape index (κ2) is 9.84. The van der Waals surface area contributed by atoms with E-state index in [2.05, 4.69) is 9.55 Å². The summed E-state index contributed by atoms with van der Waals surface area (Å²) in [6.45, 7) is 1.72. The molecule has 1 amide bonds. The number of hydrogen-bond donors (Lipinski definition) is 1. The minimum atomic E-state index is -0.417. The third-order valence-corrected chi connectivity index (χ3v) is 3.28. The number of primary amides is 1. The molecule has 1 aromatic carbocycles. The summed E-state index contributed by atoms with van der Waals surface area (Å²) in [5.41, 5.74) is 5.68. The summed E-state index contributed by atoms with van der Waals surface area (Å²) in [6, 6.07) is 6.92. The lowest BCUT2D eigenvalue weighted by molar-refractivity contribution is 0.100. The van der Waals surface area contributed by atoms with Crippen LogP contribution in [-0.2, 0) is 6.54 Å². The number of amides is 1. The van der Waals surface area contributed by atoms with Crippen molar-refractivity contribution in [3.05, 3.63) is 48.5 Å². The third-order valence-electron chi connectivity index (χ3n) is 3.28. The van der Waals surface area contributed by atoms with E-state index in [1.54, 1.807) is 30.5 Å². The molecule has 5 nitrogen and oxygen atoms in total. The Hall–Kier alpha value is -2.01. The number of hydrogen-bond acceptors (Lipinski definition) is 3. The normalized spacial score (nSPS) is 10.0. The number of nitrogens with zero attached hydrogens (tertiary/aromatic N) is 2. The van der Waals surface area contributed by atoms with Crippen molar-refractivity contribution in [3.63, 3.8) is 0 Å². The number of carbonyl (C=O) groups is 1. The van der Waals surface area contributed by atoms with E-state index in [9.17, 15) is 4.79 Å². The van der Waals surface area contributed by atoms with Crippen molar-refractivity contribution in [3.8, 4) is 5.75 Å². The predicted molar refractivity (Wildman–Crippen MR) is 88.4 cm³/mol. The van der Waals surface area contributed by atoms with E-state index in [0.717, 1.165) is 31.6 Å². The van der Waals surface area contributed by atoms with Gasteiger partial charge in [0.05, 0.1) is 12.9 Å². The summed E-state index contributed by atoms with van der Waals surface area (Å²) >= 11 is 0. The van der Waals surface area contributed by atoms with Gasteiger partial charge in [0.25, 0.3) is 0 Å². The van der Waals surface area contributed by atoms with Gasteiger partial charge >= 0.3 is 0 Å². The van der Waals surface area contributed by atoms with Gasteiger partial charge in [0, 0.05) is 24.5 Å². The molecule has 0 bridgehead atoms. The van der Waals surface area contributed by atoms with Crippen molar-refractivity contribution in [1.82, 2.24) is 9.55 Å². The number of aromatic nitrogens is 2. The molecular weight excluding hydrogens is 302 g/mol. The number of carbonyl (C=O) groups excluding carboxylic acids is 1. The highest BCUT2D eigenvalue weighted by Crippen LogP contribution is 2.12. The Balaban J connectivity index is 0.00000242. The molecule has 2 rings (SSSR count). The summed E-state index contributed by atoms with van der Waals surface area (Å²) in [7, 11) is 0. The predicted octanol–water partition coefficient (Wildman–Crippen LogP) is 3.04. The van der Waals surface area contributed by atoms with Crippen molar-refractivity contribution in [1.29, 1.82) is 0 Å². The zero-order chi connectivity index (χ0) is 14.9. The van der Waals surface area contributed by atoms with Gasteiger partial charge in [-0.15, -0.1) is 12.4 Å². The quantitative estimate of drug-likeness (QED) is 0.721. The van der Waals surface area contributed by atoms with Crippen molar-refractivity contribution >= 4 is 18.3 Å². The highest BCUT2D eigenvalue weighted by molar-refractivity contribution is 5.92. The topological polar surface area (TPSA) is 70.1 Å². The van der Waals surface area contributed by atoms with Crippen LogP contribution in [0.3, 0.4) is 0 Å². The summed E-state index contributed by atoms with van der Waals surface area (Å²) in [4.78, 5) is 14.9. The molecule has 120 valence electrons. The molecule has 0 saturated heterocycles. The number of imidazole rings is 1. The van der Waals surface area contributed by atoms with E-state index in [-0.39, 0.29) is 12.4 Å². The summed E-state index contributed by atoms with van der Waals surface area (Å²) < 4.78 is 7.72. The number of rotatable bonds is 9. The summed E-state index contributed by atoms with van der Waals surface area (Å²) in [5.74, 6) is 0.359. The molecule has 0 spiro atoms. The highest BCUT2D eigenvalue weighted by Gasteiger charge is 2.00. The Morgan fingerprint density at radius 2 is 1.86 bits per heavy atom. The van der Waals surface area contributed by atoms with Crippen molar-refractivity contribution in [2.45, 2.75) is 32.2 Å². The fraction of sp³-hybridized carbons (Fsp3) is 0.375. The lowest BCUT2D eigenvalue weighted by atomic mass is 10.2. The molecule has 0 radical (unpaired) electrons. The van der Waals surface area contributed by atoms with Gasteiger partial charge in [-0.1, -0.05) is 12.8 Å². The van der Waals surface area contributed by atoms with Gasteiger partial charge in [0.15, 0.2) is 0 Å². The van der Waals surface area contributed by atoms with Gasteiger partial charge in [0.1, 0.15) is 5.75 Å². The van der Waals surface area contributed by atoms with Crippen LogP contribution in [0.2, 0.25) is 0 Å². The van der Waals surface area contributed by atoms with Crippen LogP contribution in [0.1, 0.15) is 36.0 Å². The number of ether oxygens (including phenoxy) is 1. The summed E-state index contributed by atoms with van der Waals surface area (Å²) in [6.07, 6.45) is 10.1. The first-order valence-corrected chi connectivity index (χ1v) is 7.24. The van der Waals surface area contributed by atoms with Crippen molar-refractivity contribution in [2.75, 3.05) is 6.61 Å². The van der Waals surface area contributed by atoms with E-state index >= 15 is 0 Å². The average Bonchev–Trinajstić information content (AvgIpc) is 3.00. The van der Waals surface area contributed by atoms with E-state index in [0.29, 0.717) is 12.2 Å². The molecule has 0 atom stereocenters. The zero-order valence-electron chi connectivity index (χ0n) is 12.5. The molecule has 22 heavy (non-hydrogen) atoms. The van der Waals surface area contributed by atoms with E-state index < -0.39 is 5.91 Å². The van der Waals surface area contributed by atoms with Crippen LogP contribution in [0.25, 0.3) is 0 Å². The standard InChI is InChI=1S/C16H21N3O2.ClH/c17-16(20)14-5-7-15(8-6-14)21-12-4-2-1-3-10-19-11-9-18-13-19;/h5-9,11,13H,1-4,10,12H2,(H2,17,20);1H. The van der Waals surface area contributed by atoms with Gasteiger partial charge in [-0.3, -0.25) is 4.79 Å². The van der Waals surface area contributed by atoms with Gasteiger partial charge in [-0.05, 0) is 37.1 Å². The van der Waals surface area contributed by atoms with Crippen LogP contribution in [0, 0.1) is 0 Å². The van der Waals surface area contributed by atoms with Gasteiger partial charge < -0.3 is 15.0 Å². The van der Waals surface area contributed by atoms with Crippen molar-refractivity contribution < 1.29 is 9.53 Å². The molecule has 2 aromatic rings. The van der Waals surface area contributed by atoms with Crippen LogP contribution in [0.5, 0.6) is 5.75 Å². The molecule has 1 heterocycles. The zero-order valence-corrected chi connectivity index (χ0v) is 13.3. The lowest BCUT2D eigenvalue weighted by Crippen LogP contribution is -2.10. The van der Waals surface area contributed by atoms with E-state index in [1.807, 2.05) is 12.5 Å². The number of unbranched alkanes of at least 4 members (excludes halogenated alkanes) is 3. The largest absolute Gasteiger partial charge is 0.494 e. The first-order chi connectivity index (χ1) is 10.3. The Labute approximate surface area is 136 Å². The molecule has 0 saturated carbocycles. The monoisotopic (exact) mass is 323 g/mol. The number of halogens is 1. The second-order valence-corrected chi connectivity index (χ2v) is 4.95. The molecule has 0 unspecified atom stereocenters. The van der Waals surface area contributed by atoms with Crippen molar-refractivity contribution in [2.24, 2.45) is 5.73 Å². The molecule has 6 heteroatoms. The Morgan fingerprint density at radius 1 is 1.14 bits per heavy atom. The SMILES string of the molecule is Cl.NC(=O)c1ccc(OCCCCCCn2ccnc2)cc1. The van der Waals surface area contributed by atoms with Crippen LogP contribution in [0.15, 0.2) is 43.0 Å². The average molecular weight is 324 g/mol. The molecule has 0 aliphatic rings. The Bertz CT molecular complexity index is 541. The fourth-order valence-electron chi connectivity index (χ4n) is 2.07. The van der Waals surface area contributed by atoms with Gasteiger partial charge in [0.2, 0.25) is 5.91 Å². The second-order valence-electron chi connectivity index (χ2n) is 4.95. The molecule has 0 fully saturated rings. The van der Waals surface area contributed by atoms with Crippen LogP contribution < -0.4 is 10.5 Å².